The van der Waals surface area contributed by atoms with Crippen LogP contribution in [0.2, 0.25) is 0 Å². The van der Waals surface area contributed by atoms with Gasteiger partial charge in [-0.15, -0.1) is 11.8 Å². The van der Waals surface area contributed by atoms with Crippen molar-refractivity contribution in [3.63, 3.8) is 0 Å². The van der Waals surface area contributed by atoms with E-state index in [4.69, 9.17) is 0 Å². The summed E-state index contributed by atoms with van der Waals surface area (Å²) in [4.78, 5) is 11.8. The average Bonchev–Trinajstić information content (AvgIpc) is 2.74. The zero-order valence-corrected chi connectivity index (χ0v) is 10.6. The summed E-state index contributed by atoms with van der Waals surface area (Å²) in [6.45, 7) is 0. The van der Waals surface area contributed by atoms with Crippen LogP contribution in [0, 0.1) is 0 Å². The Bertz CT molecular complexity index is 346. The number of nitrogens with one attached hydrogen (secondary N) is 1. The lowest BCUT2D eigenvalue weighted by Crippen LogP contribution is -2.22. The molecule has 1 aromatic rings. The predicted octanol–water partition coefficient (Wildman–Crippen LogP) is 3.28. The molecule has 1 fully saturated rings. The Labute approximate surface area is 102 Å². The number of hydrogen-bond acceptors (Lipinski definition) is 2. The van der Waals surface area contributed by atoms with Crippen LogP contribution in [-0.4, -0.2) is 16.9 Å². The molecule has 80 valence electrons. The van der Waals surface area contributed by atoms with Gasteiger partial charge < -0.3 is 5.32 Å². The normalized spacial score (nSPS) is 20.2. The molecule has 0 bridgehead atoms. The number of halogens is 1. The Morgan fingerprint density at radius 3 is 2.73 bits per heavy atom. The molecule has 1 aliphatic rings. The zero-order chi connectivity index (χ0) is 10.7. The Hall–Kier alpha value is -0.480. The maximum Gasteiger partial charge on any atom is 0.237 e. The molecule has 0 spiro atoms. The van der Waals surface area contributed by atoms with E-state index in [-0.39, 0.29) is 11.2 Å². The minimum atomic E-state index is 0.139. The lowest BCUT2D eigenvalue weighted by atomic mass is 10.2. The highest BCUT2D eigenvalue weighted by Crippen LogP contribution is 2.27. The first-order valence-electron chi connectivity index (χ1n) is 4.94. The Morgan fingerprint density at radius 1 is 1.40 bits per heavy atom. The van der Waals surface area contributed by atoms with Gasteiger partial charge in [0.05, 0.1) is 5.25 Å². The molecule has 2 rings (SSSR count). The van der Waals surface area contributed by atoms with E-state index in [0.29, 0.717) is 0 Å². The lowest BCUT2D eigenvalue weighted by molar-refractivity contribution is -0.115. The van der Waals surface area contributed by atoms with Gasteiger partial charge in [-0.25, -0.2) is 0 Å². The fraction of sp³-hybridized carbons (Fsp3) is 0.364. The van der Waals surface area contributed by atoms with Crippen LogP contribution in [0.25, 0.3) is 0 Å². The third kappa shape index (κ3) is 2.98. The van der Waals surface area contributed by atoms with Crippen molar-refractivity contribution in [1.29, 1.82) is 0 Å². The number of rotatable bonds is 2. The average molecular weight is 286 g/mol. The molecule has 1 aromatic carbocycles. The van der Waals surface area contributed by atoms with Crippen molar-refractivity contribution in [2.45, 2.75) is 18.1 Å². The van der Waals surface area contributed by atoms with E-state index in [1.54, 1.807) is 11.8 Å². The number of hydrogen-bond donors (Lipinski definition) is 1. The molecule has 15 heavy (non-hydrogen) atoms. The van der Waals surface area contributed by atoms with Gasteiger partial charge in [0.15, 0.2) is 0 Å². The number of carbonyl (C=O) groups is 1. The lowest BCUT2D eigenvalue weighted by Gasteiger charge is -2.09. The third-order valence-corrected chi connectivity index (χ3v) is 4.24. The summed E-state index contributed by atoms with van der Waals surface area (Å²) in [5.41, 5.74) is 0.871. The van der Waals surface area contributed by atoms with Gasteiger partial charge in [-0.1, -0.05) is 15.9 Å². The van der Waals surface area contributed by atoms with Gasteiger partial charge in [0.25, 0.3) is 0 Å². The number of benzene rings is 1. The first kappa shape index (κ1) is 11.0. The highest BCUT2D eigenvalue weighted by Gasteiger charge is 2.23. The highest BCUT2D eigenvalue weighted by molar-refractivity contribution is 9.10. The largest absolute Gasteiger partial charge is 0.325 e. The molecular formula is C11H12BrNOS. The first-order valence-corrected chi connectivity index (χ1v) is 6.78. The van der Waals surface area contributed by atoms with E-state index in [2.05, 4.69) is 21.2 Å². The molecule has 0 aliphatic carbocycles. The smallest absolute Gasteiger partial charge is 0.237 e. The molecule has 0 radical (unpaired) electrons. The van der Waals surface area contributed by atoms with E-state index in [1.165, 1.54) is 0 Å². The van der Waals surface area contributed by atoms with Crippen LogP contribution >= 0.6 is 27.7 Å². The van der Waals surface area contributed by atoms with Crippen molar-refractivity contribution in [3.05, 3.63) is 28.7 Å². The van der Waals surface area contributed by atoms with Crippen LogP contribution in [-0.2, 0) is 4.79 Å². The maximum atomic E-state index is 11.8. The van der Waals surface area contributed by atoms with Crippen LogP contribution in [0.15, 0.2) is 28.7 Å². The van der Waals surface area contributed by atoms with Crippen LogP contribution in [0.3, 0.4) is 0 Å². The summed E-state index contributed by atoms with van der Waals surface area (Å²) in [7, 11) is 0. The summed E-state index contributed by atoms with van der Waals surface area (Å²) >= 11 is 5.11. The Balaban J connectivity index is 1.96. The molecule has 1 atom stereocenters. The minimum absolute atomic E-state index is 0.139. The summed E-state index contributed by atoms with van der Waals surface area (Å²) in [5, 5.41) is 3.08. The first-order chi connectivity index (χ1) is 7.25. The molecule has 1 N–H and O–H groups in total. The third-order valence-electron chi connectivity index (χ3n) is 2.33. The molecule has 0 saturated carbocycles. The second kappa shape index (κ2) is 5.03. The quantitative estimate of drug-likeness (QED) is 0.904. The maximum absolute atomic E-state index is 11.8. The van der Waals surface area contributed by atoms with Gasteiger partial charge in [-0.3, -0.25) is 4.79 Å². The van der Waals surface area contributed by atoms with E-state index in [9.17, 15) is 4.79 Å². The molecule has 0 aromatic heterocycles. The molecule has 1 unspecified atom stereocenters. The van der Waals surface area contributed by atoms with Gasteiger partial charge in [0, 0.05) is 10.2 Å². The number of thioether (sulfide) groups is 1. The fourth-order valence-electron chi connectivity index (χ4n) is 1.54. The number of amides is 1. The molecule has 4 heteroatoms. The number of carbonyl (C=O) groups excluding carboxylic acids is 1. The second-order valence-electron chi connectivity index (χ2n) is 3.50. The summed E-state index contributed by atoms with van der Waals surface area (Å²) in [6.07, 6.45) is 2.16. The van der Waals surface area contributed by atoms with Crippen LogP contribution in [0.4, 0.5) is 5.69 Å². The summed E-state index contributed by atoms with van der Waals surface area (Å²) < 4.78 is 1.02. The molecule has 1 saturated heterocycles. The van der Waals surface area contributed by atoms with Crippen LogP contribution < -0.4 is 5.32 Å². The second-order valence-corrected chi connectivity index (χ2v) is 5.72. The molecule has 1 amide bonds. The summed E-state index contributed by atoms with van der Waals surface area (Å²) in [6, 6.07) is 7.66. The molecule has 1 aliphatic heterocycles. The number of anilines is 1. The van der Waals surface area contributed by atoms with Gasteiger partial charge in [-0.05, 0) is 42.9 Å². The van der Waals surface area contributed by atoms with E-state index in [0.717, 1.165) is 28.8 Å². The fourth-order valence-corrected chi connectivity index (χ4v) is 2.97. The van der Waals surface area contributed by atoms with Crippen LogP contribution in [0.1, 0.15) is 12.8 Å². The monoisotopic (exact) mass is 285 g/mol. The van der Waals surface area contributed by atoms with Crippen molar-refractivity contribution in [3.8, 4) is 0 Å². The van der Waals surface area contributed by atoms with Crippen LogP contribution in [0.5, 0.6) is 0 Å². The SMILES string of the molecule is O=C(Nc1ccc(Br)cc1)C1CCCS1. The molecule has 2 nitrogen and oxygen atoms in total. The van der Waals surface area contributed by atoms with E-state index in [1.807, 2.05) is 24.3 Å². The van der Waals surface area contributed by atoms with Gasteiger partial charge in [0.1, 0.15) is 0 Å². The van der Waals surface area contributed by atoms with Crippen molar-refractivity contribution < 1.29 is 4.79 Å². The topological polar surface area (TPSA) is 29.1 Å². The predicted molar refractivity (Wildman–Crippen MR) is 68.3 cm³/mol. The zero-order valence-electron chi connectivity index (χ0n) is 8.20. The standard InChI is InChI=1S/C11H12BrNOS/c12-8-3-5-9(6-4-8)13-11(14)10-2-1-7-15-10/h3-6,10H,1-2,7H2,(H,13,14). The van der Waals surface area contributed by atoms with Gasteiger partial charge in [0.2, 0.25) is 5.91 Å². The Kier molecular flexibility index (Phi) is 3.70. The van der Waals surface area contributed by atoms with Crippen molar-refractivity contribution in [2.24, 2.45) is 0 Å². The van der Waals surface area contributed by atoms with Crippen molar-refractivity contribution in [1.82, 2.24) is 0 Å². The minimum Gasteiger partial charge on any atom is -0.325 e. The van der Waals surface area contributed by atoms with Gasteiger partial charge in [-0.2, -0.15) is 0 Å². The molecule has 1 heterocycles. The van der Waals surface area contributed by atoms with Gasteiger partial charge >= 0.3 is 0 Å². The Morgan fingerprint density at radius 2 is 2.13 bits per heavy atom. The van der Waals surface area contributed by atoms with Crippen molar-refractivity contribution in [2.75, 3.05) is 11.1 Å². The van der Waals surface area contributed by atoms with Crippen molar-refractivity contribution >= 4 is 39.3 Å². The molecular weight excluding hydrogens is 274 g/mol. The highest BCUT2D eigenvalue weighted by atomic mass is 79.9. The summed E-state index contributed by atoms with van der Waals surface area (Å²) in [5.74, 6) is 1.25. The van der Waals surface area contributed by atoms with E-state index >= 15 is 0 Å². The van der Waals surface area contributed by atoms with E-state index < -0.39 is 0 Å².